The molecule has 106 valence electrons. The Hall–Kier alpha value is -0.510. The van der Waals surface area contributed by atoms with Crippen molar-refractivity contribution < 1.29 is 9.59 Å². The smallest absolute Gasteiger partial charge is 0.221 e. The fourth-order valence-electron chi connectivity index (χ4n) is 1.74. The number of hydrogen-bond acceptors (Lipinski definition) is 3. The van der Waals surface area contributed by atoms with Gasteiger partial charge >= 0.3 is 0 Å². The largest absolute Gasteiger partial charge is 0.369 e. The fraction of sp³-hybridized carbons (Fsp3) is 0.857. The Bertz CT molecular complexity index is 298. The Morgan fingerprint density at radius 1 is 1.17 bits per heavy atom. The predicted molar refractivity (Wildman–Crippen MR) is 78.5 cm³/mol. The molecule has 0 radical (unpaired) electrons. The van der Waals surface area contributed by atoms with Gasteiger partial charge in [-0.25, -0.2) is 0 Å². The van der Waals surface area contributed by atoms with Gasteiger partial charge in [0.25, 0.3) is 0 Å². The van der Waals surface area contributed by atoms with Crippen LogP contribution in [-0.4, -0.2) is 22.2 Å². The summed E-state index contributed by atoms with van der Waals surface area (Å²) >= 11 is 1.54. The lowest BCUT2D eigenvalue weighted by atomic mass is 9.86. The van der Waals surface area contributed by atoms with E-state index >= 15 is 0 Å². The molecule has 1 amide bonds. The van der Waals surface area contributed by atoms with E-state index in [-0.39, 0.29) is 28.3 Å². The summed E-state index contributed by atoms with van der Waals surface area (Å²) in [5.74, 6) is 0.683. The normalized spacial score (nSPS) is 14.0. The van der Waals surface area contributed by atoms with Crippen LogP contribution in [0.1, 0.15) is 48.0 Å². The molecular weight excluding hydrogens is 246 g/mol. The van der Waals surface area contributed by atoms with E-state index in [0.29, 0.717) is 11.7 Å². The Morgan fingerprint density at radius 3 is 2.00 bits per heavy atom. The van der Waals surface area contributed by atoms with Gasteiger partial charge in [0.05, 0.1) is 11.7 Å². The molecule has 0 aromatic rings. The summed E-state index contributed by atoms with van der Waals surface area (Å²) in [4.78, 5) is 23.3. The molecule has 0 saturated heterocycles. The molecule has 1 unspecified atom stereocenters. The van der Waals surface area contributed by atoms with E-state index in [4.69, 9.17) is 5.73 Å². The number of carbonyl (C=O) groups is 2. The quantitative estimate of drug-likeness (QED) is 0.739. The molecule has 0 aliphatic rings. The first-order valence-corrected chi connectivity index (χ1v) is 7.52. The molecule has 0 aliphatic carbocycles. The average Bonchev–Trinajstić information content (AvgIpc) is 2.21. The lowest BCUT2D eigenvalue weighted by Crippen LogP contribution is -2.40. The van der Waals surface area contributed by atoms with Crippen molar-refractivity contribution in [2.24, 2.45) is 23.5 Å². The van der Waals surface area contributed by atoms with Crippen LogP contribution in [0.2, 0.25) is 0 Å². The fourth-order valence-corrected chi connectivity index (χ4v) is 3.00. The molecule has 0 aliphatic heterocycles. The minimum Gasteiger partial charge on any atom is -0.369 e. The zero-order valence-corrected chi connectivity index (χ0v) is 13.3. The number of amides is 1. The number of ketones is 1. The van der Waals surface area contributed by atoms with Crippen molar-refractivity contribution >= 4 is 23.5 Å². The van der Waals surface area contributed by atoms with Gasteiger partial charge in [-0.05, 0) is 26.2 Å². The van der Waals surface area contributed by atoms with Crippen molar-refractivity contribution in [3.63, 3.8) is 0 Å². The van der Waals surface area contributed by atoms with Crippen molar-refractivity contribution in [1.82, 2.24) is 0 Å². The molecule has 0 spiro atoms. The molecule has 0 aromatic carbocycles. The van der Waals surface area contributed by atoms with Gasteiger partial charge in [0.1, 0.15) is 5.78 Å². The van der Waals surface area contributed by atoms with Gasteiger partial charge in [-0.3, -0.25) is 9.59 Å². The maximum Gasteiger partial charge on any atom is 0.221 e. The van der Waals surface area contributed by atoms with Gasteiger partial charge in [0.15, 0.2) is 0 Å². The minimum atomic E-state index is -0.291. The Morgan fingerprint density at radius 2 is 1.67 bits per heavy atom. The predicted octanol–water partition coefficient (Wildman–Crippen LogP) is 2.87. The first kappa shape index (κ1) is 17.5. The first-order chi connectivity index (χ1) is 8.08. The van der Waals surface area contributed by atoms with Crippen LogP contribution in [0.5, 0.6) is 0 Å². The summed E-state index contributed by atoms with van der Waals surface area (Å²) in [6, 6.07) is 0. The van der Waals surface area contributed by atoms with Crippen molar-refractivity contribution in [3.05, 3.63) is 0 Å². The van der Waals surface area contributed by atoms with E-state index in [0.717, 1.165) is 6.42 Å². The molecule has 0 fully saturated rings. The number of carbonyl (C=O) groups excluding carboxylic acids is 2. The summed E-state index contributed by atoms with van der Waals surface area (Å²) in [7, 11) is 0. The molecule has 0 rings (SSSR count). The van der Waals surface area contributed by atoms with Crippen molar-refractivity contribution in [1.29, 1.82) is 0 Å². The first-order valence-electron chi connectivity index (χ1n) is 6.54. The second kappa shape index (κ2) is 7.17. The monoisotopic (exact) mass is 273 g/mol. The second-order valence-corrected chi connectivity index (χ2v) is 7.73. The van der Waals surface area contributed by atoms with Crippen molar-refractivity contribution in [2.75, 3.05) is 5.75 Å². The van der Waals surface area contributed by atoms with Crippen LogP contribution in [0.15, 0.2) is 0 Å². The van der Waals surface area contributed by atoms with Gasteiger partial charge < -0.3 is 5.73 Å². The number of hydrogen-bond donors (Lipinski definition) is 1. The molecule has 18 heavy (non-hydrogen) atoms. The van der Waals surface area contributed by atoms with Crippen LogP contribution < -0.4 is 5.73 Å². The highest BCUT2D eigenvalue weighted by atomic mass is 32.2. The highest BCUT2D eigenvalue weighted by molar-refractivity contribution is 8.01. The summed E-state index contributed by atoms with van der Waals surface area (Å²) in [6.45, 7) is 12.0. The lowest BCUT2D eigenvalue weighted by molar-refractivity contribution is -0.123. The second-order valence-electron chi connectivity index (χ2n) is 6.10. The van der Waals surface area contributed by atoms with Gasteiger partial charge in [-0.2, -0.15) is 0 Å². The topological polar surface area (TPSA) is 60.2 Å². The number of Topliss-reactive ketones (excluding diaryl/α,β-unsaturated/α-hetero) is 1. The molecule has 0 bridgehead atoms. The van der Waals surface area contributed by atoms with Crippen LogP contribution in [0, 0.1) is 17.8 Å². The molecular formula is C14H27NO2S. The minimum absolute atomic E-state index is 0.0467. The van der Waals surface area contributed by atoms with Gasteiger partial charge in [-0.1, -0.05) is 27.7 Å². The third kappa shape index (κ3) is 5.89. The summed E-state index contributed by atoms with van der Waals surface area (Å²) in [6.07, 6.45) is 0.769. The van der Waals surface area contributed by atoms with E-state index in [1.54, 1.807) is 11.8 Å². The van der Waals surface area contributed by atoms with E-state index in [2.05, 4.69) is 13.8 Å². The van der Waals surface area contributed by atoms with E-state index in [1.807, 2.05) is 27.7 Å². The van der Waals surface area contributed by atoms with E-state index in [1.165, 1.54) is 0 Å². The highest BCUT2D eigenvalue weighted by Gasteiger charge is 2.35. The molecule has 2 N–H and O–H groups in total. The molecule has 1 atom stereocenters. The Balaban J connectivity index is 4.64. The number of nitrogens with two attached hydrogens (primary N) is 1. The summed E-state index contributed by atoms with van der Waals surface area (Å²) in [5, 5.41) is 0. The maximum absolute atomic E-state index is 11.7. The SMILES string of the molecule is CC(C)CC(C(N)=O)C(C)(C)SCC(=O)C(C)C. The molecule has 0 aromatic heterocycles. The summed E-state index contributed by atoms with van der Waals surface area (Å²) < 4.78 is -0.291. The Labute approximate surface area is 115 Å². The zero-order chi connectivity index (χ0) is 14.5. The van der Waals surface area contributed by atoms with Crippen LogP contribution in [0.4, 0.5) is 0 Å². The molecule has 0 saturated carbocycles. The van der Waals surface area contributed by atoms with Gasteiger partial charge in [-0.15, -0.1) is 11.8 Å². The van der Waals surface area contributed by atoms with Crippen LogP contribution in [0.3, 0.4) is 0 Å². The number of primary amides is 1. The lowest BCUT2D eigenvalue weighted by Gasteiger charge is -2.32. The van der Waals surface area contributed by atoms with Crippen LogP contribution >= 0.6 is 11.8 Å². The standard InChI is InChI=1S/C14H27NO2S/c1-9(2)7-11(13(15)17)14(5,6)18-8-12(16)10(3)4/h9-11H,7-8H2,1-6H3,(H2,15,17). The third-order valence-electron chi connectivity index (χ3n) is 3.12. The average molecular weight is 273 g/mol. The number of thioether (sulfide) groups is 1. The zero-order valence-electron chi connectivity index (χ0n) is 12.4. The van der Waals surface area contributed by atoms with Crippen LogP contribution in [-0.2, 0) is 9.59 Å². The number of rotatable bonds is 8. The van der Waals surface area contributed by atoms with Gasteiger partial charge in [0, 0.05) is 10.7 Å². The van der Waals surface area contributed by atoms with Crippen molar-refractivity contribution in [2.45, 2.75) is 52.7 Å². The van der Waals surface area contributed by atoms with E-state index < -0.39 is 0 Å². The highest BCUT2D eigenvalue weighted by Crippen LogP contribution is 2.36. The summed E-state index contributed by atoms with van der Waals surface area (Å²) in [5.41, 5.74) is 5.50. The molecule has 3 nitrogen and oxygen atoms in total. The van der Waals surface area contributed by atoms with Crippen LogP contribution in [0.25, 0.3) is 0 Å². The van der Waals surface area contributed by atoms with E-state index in [9.17, 15) is 9.59 Å². The molecule has 4 heteroatoms. The van der Waals surface area contributed by atoms with Gasteiger partial charge in [0.2, 0.25) is 5.91 Å². The maximum atomic E-state index is 11.7. The molecule has 0 heterocycles. The van der Waals surface area contributed by atoms with Crippen molar-refractivity contribution in [3.8, 4) is 0 Å². The third-order valence-corrected chi connectivity index (χ3v) is 4.58. The Kier molecular flexibility index (Phi) is 6.97.